The first kappa shape index (κ1) is 18.2. The highest BCUT2D eigenvalue weighted by Crippen LogP contribution is 2.47. The van der Waals surface area contributed by atoms with Gasteiger partial charge >= 0.3 is 6.09 Å². The highest BCUT2D eigenvalue weighted by Gasteiger charge is 2.45. The number of carbonyl (C=O) groups excluding carboxylic acids is 1. The third kappa shape index (κ3) is 6.65. The van der Waals surface area contributed by atoms with Crippen LogP contribution in [-0.4, -0.2) is 50.4 Å². The zero-order valence-electron chi connectivity index (χ0n) is 13.3. The molecule has 6 nitrogen and oxygen atoms in total. The van der Waals surface area contributed by atoms with Crippen LogP contribution in [0.25, 0.3) is 0 Å². The fourth-order valence-electron chi connectivity index (χ4n) is 2.35. The van der Waals surface area contributed by atoms with Crippen molar-refractivity contribution in [1.82, 2.24) is 5.32 Å². The lowest BCUT2D eigenvalue weighted by molar-refractivity contribution is 0.0435. The summed E-state index contributed by atoms with van der Waals surface area (Å²) >= 11 is 0. The van der Waals surface area contributed by atoms with Gasteiger partial charge in [0.2, 0.25) is 0 Å². The molecule has 1 rings (SSSR count). The van der Waals surface area contributed by atoms with E-state index in [0.29, 0.717) is 6.42 Å². The summed E-state index contributed by atoms with van der Waals surface area (Å²) in [6.07, 6.45) is 2.91. The second-order valence-corrected chi connectivity index (χ2v) is 9.29. The summed E-state index contributed by atoms with van der Waals surface area (Å²) in [4.78, 5) is 11.7. The summed E-state index contributed by atoms with van der Waals surface area (Å²) < 4.78 is 27.9. The zero-order valence-corrected chi connectivity index (χ0v) is 14.1. The molecule has 2 N–H and O–H groups in total. The third-order valence-corrected chi connectivity index (χ3v) is 4.66. The van der Waals surface area contributed by atoms with Crippen LogP contribution in [0.5, 0.6) is 0 Å². The summed E-state index contributed by atoms with van der Waals surface area (Å²) in [5, 5.41) is 12.4. The van der Waals surface area contributed by atoms with Crippen LogP contribution in [0.3, 0.4) is 0 Å². The third-order valence-electron chi connectivity index (χ3n) is 3.71. The molecule has 0 spiro atoms. The number of rotatable bonds is 7. The van der Waals surface area contributed by atoms with Crippen LogP contribution >= 0.6 is 0 Å². The normalized spacial score (nSPS) is 18.9. The van der Waals surface area contributed by atoms with E-state index in [9.17, 15) is 18.3 Å². The van der Waals surface area contributed by atoms with E-state index in [2.05, 4.69) is 5.32 Å². The molecule has 1 amide bonds. The molecule has 0 aliphatic heterocycles. The van der Waals surface area contributed by atoms with Gasteiger partial charge in [0.1, 0.15) is 15.4 Å². The minimum absolute atomic E-state index is 0.0139. The lowest BCUT2D eigenvalue weighted by atomic mass is 9.80. The van der Waals surface area contributed by atoms with Crippen molar-refractivity contribution < 1.29 is 23.1 Å². The number of sulfone groups is 1. The van der Waals surface area contributed by atoms with E-state index in [1.165, 1.54) is 6.26 Å². The van der Waals surface area contributed by atoms with E-state index in [4.69, 9.17) is 4.74 Å². The van der Waals surface area contributed by atoms with Gasteiger partial charge in [-0.15, -0.1) is 0 Å². The van der Waals surface area contributed by atoms with E-state index in [0.717, 1.165) is 12.8 Å². The van der Waals surface area contributed by atoms with Crippen molar-refractivity contribution in [2.45, 2.75) is 45.6 Å². The molecule has 1 aliphatic carbocycles. The smallest absolute Gasteiger partial charge is 0.407 e. The predicted octanol–water partition coefficient (Wildman–Crippen LogP) is 1.33. The molecular weight excluding hydrogens is 294 g/mol. The second kappa shape index (κ2) is 6.52. The zero-order chi connectivity index (χ0) is 16.3. The number of ether oxygens (including phenoxy) is 1. The molecule has 0 aromatic rings. The van der Waals surface area contributed by atoms with Crippen molar-refractivity contribution in [3.05, 3.63) is 0 Å². The number of hydrogen-bond acceptors (Lipinski definition) is 5. The maximum Gasteiger partial charge on any atom is 0.407 e. The number of hydrogen-bond donors (Lipinski definition) is 2. The fourth-order valence-corrected chi connectivity index (χ4v) is 3.12. The van der Waals surface area contributed by atoms with Crippen molar-refractivity contribution in [3.63, 3.8) is 0 Å². The molecule has 1 unspecified atom stereocenters. The van der Waals surface area contributed by atoms with Crippen LogP contribution in [0.1, 0.15) is 40.0 Å². The Morgan fingerprint density at radius 2 is 1.90 bits per heavy atom. The van der Waals surface area contributed by atoms with Crippen LogP contribution in [-0.2, 0) is 14.6 Å². The standard InChI is InChI=1S/C14H27NO5S/c1-13(2,3)20-12(17)15-9-14(10-16,11-5-6-11)7-8-21(4,18)19/h11,16H,5-10H2,1-4H3,(H,15,17). The van der Waals surface area contributed by atoms with Crippen molar-refractivity contribution >= 4 is 15.9 Å². The fraction of sp³-hybridized carbons (Fsp3) is 0.929. The van der Waals surface area contributed by atoms with Gasteiger partial charge in [0.05, 0.1) is 12.4 Å². The monoisotopic (exact) mass is 321 g/mol. The van der Waals surface area contributed by atoms with E-state index in [-0.39, 0.29) is 24.8 Å². The van der Waals surface area contributed by atoms with Crippen LogP contribution in [0, 0.1) is 11.3 Å². The Bertz CT molecular complexity index is 464. The van der Waals surface area contributed by atoms with Crippen molar-refractivity contribution in [2.24, 2.45) is 11.3 Å². The van der Waals surface area contributed by atoms with Gasteiger partial charge in [-0.1, -0.05) is 0 Å². The molecule has 1 fully saturated rings. The van der Waals surface area contributed by atoms with Gasteiger partial charge in [0, 0.05) is 18.2 Å². The Morgan fingerprint density at radius 1 is 1.33 bits per heavy atom. The maximum absolute atomic E-state index is 11.7. The van der Waals surface area contributed by atoms with Crippen molar-refractivity contribution in [3.8, 4) is 0 Å². The van der Waals surface area contributed by atoms with E-state index >= 15 is 0 Å². The second-order valence-electron chi connectivity index (χ2n) is 7.03. The summed E-state index contributed by atoms with van der Waals surface area (Å²) in [6, 6.07) is 0. The molecule has 0 saturated heterocycles. The number of alkyl carbamates (subject to hydrolysis) is 1. The van der Waals surface area contributed by atoms with Crippen molar-refractivity contribution in [1.29, 1.82) is 0 Å². The Kier molecular flexibility index (Phi) is 5.66. The number of aliphatic hydroxyl groups is 1. The maximum atomic E-state index is 11.7. The highest BCUT2D eigenvalue weighted by molar-refractivity contribution is 7.90. The largest absolute Gasteiger partial charge is 0.444 e. The first-order chi connectivity index (χ1) is 9.47. The number of amides is 1. The molecular formula is C14H27NO5S. The molecule has 0 aromatic carbocycles. The summed E-state index contributed by atoms with van der Waals surface area (Å²) in [7, 11) is -3.10. The Labute approximate surface area is 127 Å². The lowest BCUT2D eigenvalue weighted by Crippen LogP contribution is -2.44. The lowest BCUT2D eigenvalue weighted by Gasteiger charge is -2.32. The minimum atomic E-state index is -3.10. The van der Waals surface area contributed by atoms with E-state index in [1.807, 2.05) is 0 Å². The minimum Gasteiger partial charge on any atom is -0.444 e. The van der Waals surface area contributed by atoms with Crippen LogP contribution in [0.4, 0.5) is 4.79 Å². The van der Waals surface area contributed by atoms with Gasteiger partial charge in [-0.25, -0.2) is 13.2 Å². The number of carbonyl (C=O) groups is 1. The van der Waals surface area contributed by atoms with Crippen LogP contribution in [0.15, 0.2) is 0 Å². The molecule has 21 heavy (non-hydrogen) atoms. The summed E-state index contributed by atoms with van der Waals surface area (Å²) in [5.74, 6) is 0.277. The summed E-state index contributed by atoms with van der Waals surface area (Å²) in [6.45, 7) is 5.42. The van der Waals surface area contributed by atoms with Gasteiger partial charge in [-0.05, 0) is 46.0 Å². The van der Waals surface area contributed by atoms with Gasteiger partial charge in [0.25, 0.3) is 0 Å². The van der Waals surface area contributed by atoms with Gasteiger partial charge < -0.3 is 15.2 Å². The average Bonchev–Trinajstić information content (AvgIpc) is 3.11. The molecule has 0 aromatic heterocycles. The SMILES string of the molecule is CC(C)(C)OC(=O)NCC(CO)(CCS(C)(=O)=O)C1CC1. The molecule has 1 atom stereocenters. The van der Waals surface area contributed by atoms with E-state index in [1.54, 1.807) is 20.8 Å². The highest BCUT2D eigenvalue weighted by atomic mass is 32.2. The number of aliphatic hydroxyl groups excluding tert-OH is 1. The Balaban J connectivity index is 2.64. The van der Waals surface area contributed by atoms with Crippen LogP contribution in [0.2, 0.25) is 0 Å². The Morgan fingerprint density at radius 3 is 2.29 bits per heavy atom. The summed E-state index contributed by atoms with van der Waals surface area (Å²) in [5.41, 5.74) is -1.15. The van der Waals surface area contributed by atoms with E-state index < -0.39 is 26.9 Å². The average molecular weight is 321 g/mol. The first-order valence-corrected chi connectivity index (χ1v) is 9.29. The molecule has 0 radical (unpaired) electrons. The van der Waals surface area contributed by atoms with Crippen LogP contribution < -0.4 is 5.32 Å². The number of nitrogens with one attached hydrogen (secondary N) is 1. The van der Waals surface area contributed by atoms with Gasteiger partial charge in [-0.2, -0.15) is 0 Å². The molecule has 0 bridgehead atoms. The molecule has 7 heteroatoms. The molecule has 124 valence electrons. The molecule has 0 heterocycles. The van der Waals surface area contributed by atoms with Gasteiger partial charge in [0.15, 0.2) is 0 Å². The topological polar surface area (TPSA) is 92.7 Å². The predicted molar refractivity (Wildman–Crippen MR) is 80.8 cm³/mol. The Hall–Kier alpha value is -0.820. The van der Waals surface area contributed by atoms with Gasteiger partial charge in [-0.3, -0.25) is 0 Å². The molecule has 1 saturated carbocycles. The first-order valence-electron chi connectivity index (χ1n) is 7.23. The van der Waals surface area contributed by atoms with Crippen molar-refractivity contribution in [2.75, 3.05) is 25.2 Å². The quantitative estimate of drug-likeness (QED) is 0.738. The molecule has 1 aliphatic rings.